The molecule has 0 amide bonds. The van der Waals surface area contributed by atoms with Gasteiger partial charge >= 0.3 is 0 Å². The zero-order valence-electron chi connectivity index (χ0n) is 13.0. The summed E-state index contributed by atoms with van der Waals surface area (Å²) in [5.74, 6) is 2.15. The summed E-state index contributed by atoms with van der Waals surface area (Å²) in [6.45, 7) is 1.26. The summed E-state index contributed by atoms with van der Waals surface area (Å²) in [5.41, 5.74) is 0.764. The second-order valence-electron chi connectivity index (χ2n) is 5.13. The van der Waals surface area contributed by atoms with Crippen LogP contribution >= 0.6 is 0 Å². The van der Waals surface area contributed by atoms with E-state index in [1.165, 1.54) is 0 Å². The largest absolute Gasteiger partial charge is 0.493 e. The van der Waals surface area contributed by atoms with Gasteiger partial charge in [0.25, 0.3) is 0 Å². The molecular formula is C18H19NO3S. The van der Waals surface area contributed by atoms with Crippen LogP contribution in [0.3, 0.4) is 0 Å². The molecule has 1 N–H and O–H groups in total. The van der Waals surface area contributed by atoms with Crippen LogP contribution in [0.2, 0.25) is 0 Å². The van der Waals surface area contributed by atoms with Crippen LogP contribution in [0.15, 0.2) is 63.9 Å². The van der Waals surface area contributed by atoms with E-state index in [-0.39, 0.29) is 0 Å². The first-order valence-electron chi connectivity index (χ1n) is 7.47. The third kappa shape index (κ3) is 3.81. The predicted molar refractivity (Wildman–Crippen MR) is 92.2 cm³/mol. The van der Waals surface area contributed by atoms with Crippen LogP contribution in [0.5, 0.6) is 5.75 Å². The van der Waals surface area contributed by atoms with E-state index in [0.29, 0.717) is 18.8 Å². The lowest BCUT2D eigenvalue weighted by Gasteiger charge is -2.03. The molecule has 1 heterocycles. The average molecular weight is 329 g/mol. The Kier molecular flexibility index (Phi) is 5.10. The van der Waals surface area contributed by atoms with Gasteiger partial charge in [0, 0.05) is 22.6 Å². The number of methoxy groups -OCH3 is 1. The van der Waals surface area contributed by atoms with Gasteiger partial charge in [0.15, 0.2) is 11.3 Å². The normalized spacial score (nSPS) is 12.4. The van der Waals surface area contributed by atoms with Gasteiger partial charge in [-0.3, -0.25) is 4.21 Å². The first kappa shape index (κ1) is 15.8. The van der Waals surface area contributed by atoms with E-state index in [0.717, 1.165) is 27.4 Å². The molecule has 0 bridgehead atoms. The Morgan fingerprint density at radius 3 is 2.74 bits per heavy atom. The Morgan fingerprint density at radius 2 is 1.96 bits per heavy atom. The lowest BCUT2D eigenvalue weighted by molar-refractivity contribution is 0.406. The monoisotopic (exact) mass is 329 g/mol. The third-order valence-electron chi connectivity index (χ3n) is 3.55. The van der Waals surface area contributed by atoms with Crippen molar-refractivity contribution in [3.05, 3.63) is 60.4 Å². The Bertz CT molecular complexity index is 798. The summed E-state index contributed by atoms with van der Waals surface area (Å²) < 4.78 is 23.2. The maximum Gasteiger partial charge on any atom is 0.176 e. The molecule has 1 atom stereocenters. The highest BCUT2D eigenvalue weighted by Crippen LogP contribution is 2.28. The first-order valence-corrected chi connectivity index (χ1v) is 8.79. The minimum absolute atomic E-state index is 0.577. The van der Waals surface area contributed by atoms with Gasteiger partial charge in [-0.15, -0.1) is 0 Å². The Morgan fingerprint density at radius 1 is 1.13 bits per heavy atom. The van der Waals surface area contributed by atoms with E-state index in [9.17, 15) is 4.21 Å². The number of hydrogen-bond acceptors (Lipinski definition) is 4. The molecule has 3 rings (SSSR count). The van der Waals surface area contributed by atoms with Gasteiger partial charge in [-0.05, 0) is 24.3 Å². The molecule has 0 unspecified atom stereocenters. The topological polar surface area (TPSA) is 51.5 Å². The molecule has 1 aromatic heterocycles. The van der Waals surface area contributed by atoms with Crippen molar-refractivity contribution in [3.63, 3.8) is 0 Å². The Hall–Kier alpha value is -2.11. The molecule has 0 spiro atoms. The van der Waals surface area contributed by atoms with Gasteiger partial charge in [-0.1, -0.05) is 30.3 Å². The molecule has 0 aliphatic heterocycles. The van der Waals surface area contributed by atoms with Crippen molar-refractivity contribution >= 4 is 21.8 Å². The minimum atomic E-state index is -0.974. The molecule has 2 aromatic carbocycles. The summed E-state index contributed by atoms with van der Waals surface area (Å²) in [4.78, 5) is 0.864. The van der Waals surface area contributed by atoms with E-state index in [2.05, 4.69) is 5.32 Å². The first-order chi connectivity index (χ1) is 11.3. The van der Waals surface area contributed by atoms with Crippen molar-refractivity contribution in [2.45, 2.75) is 11.4 Å². The van der Waals surface area contributed by atoms with Crippen LogP contribution < -0.4 is 10.1 Å². The SMILES string of the molecule is COc1cccc2cc(CNCC[S@@](=O)c3ccccc3)oc12. The van der Waals surface area contributed by atoms with Gasteiger partial charge < -0.3 is 14.5 Å². The van der Waals surface area contributed by atoms with Crippen molar-refractivity contribution < 1.29 is 13.4 Å². The van der Waals surface area contributed by atoms with Gasteiger partial charge in [-0.2, -0.15) is 0 Å². The highest BCUT2D eigenvalue weighted by atomic mass is 32.2. The van der Waals surface area contributed by atoms with Crippen LogP contribution in [0.25, 0.3) is 11.0 Å². The number of ether oxygens (including phenoxy) is 1. The summed E-state index contributed by atoms with van der Waals surface area (Å²) in [6, 6.07) is 17.3. The molecule has 4 nitrogen and oxygen atoms in total. The van der Waals surface area contributed by atoms with Crippen LogP contribution in [0.4, 0.5) is 0 Å². The maximum absolute atomic E-state index is 12.1. The van der Waals surface area contributed by atoms with E-state index in [1.807, 2.05) is 54.6 Å². The fraction of sp³-hybridized carbons (Fsp3) is 0.222. The van der Waals surface area contributed by atoms with Gasteiger partial charge in [0.05, 0.1) is 24.5 Å². The van der Waals surface area contributed by atoms with E-state index >= 15 is 0 Å². The van der Waals surface area contributed by atoms with Crippen LogP contribution in [0.1, 0.15) is 5.76 Å². The molecule has 0 aliphatic rings. The lowest BCUT2D eigenvalue weighted by atomic mass is 10.2. The highest BCUT2D eigenvalue weighted by Gasteiger charge is 2.08. The van der Waals surface area contributed by atoms with Gasteiger partial charge in [-0.25, -0.2) is 0 Å². The van der Waals surface area contributed by atoms with Gasteiger partial charge in [0.1, 0.15) is 5.76 Å². The molecule has 0 radical (unpaired) electrons. The quantitative estimate of drug-likeness (QED) is 0.676. The smallest absolute Gasteiger partial charge is 0.176 e. The third-order valence-corrected chi connectivity index (χ3v) is 4.92. The standard InChI is InChI=1S/C18H19NO3S/c1-21-17-9-5-6-14-12-15(22-18(14)17)13-19-10-11-23(20)16-7-3-2-4-8-16/h2-9,12,19H,10-11,13H2,1H3/t23-/m1/s1. The number of furan rings is 1. The number of fused-ring (bicyclic) bond motifs is 1. The molecule has 5 heteroatoms. The predicted octanol–water partition coefficient (Wildman–Crippen LogP) is 3.34. The number of hydrogen-bond donors (Lipinski definition) is 1. The zero-order chi connectivity index (χ0) is 16.1. The molecule has 120 valence electrons. The van der Waals surface area contributed by atoms with Crippen LogP contribution in [0, 0.1) is 0 Å². The molecular weight excluding hydrogens is 310 g/mol. The molecule has 3 aromatic rings. The highest BCUT2D eigenvalue weighted by molar-refractivity contribution is 7.85. The number of rotatable bonds is 7. The Labute approximate surface area is 137 Å². The summed E-state index contributed by atoms with van der Waals surface area (Å²) >= 11 is 0. The Balaban J connectivity index is 1.54. The molecule has 0 aliphatic carbocycles. The van der Waals surface area contributed by atoms with Crippen molar-refractivity contribution in [2.75, 3.05) is 19.4 Å². The van der Waals surface area contributed by atoms with Crippen LogP contribution in [-0.2, 0) is 17.3 Å². The maximum atomic E-state index is 12.1. The van der Waals surface area contributed by atoms with Crippen LogP contribution in [-0.4, -0.2) is 23.6 Å². The van der Waals surface area contributed by atoms with E-state index in [1.54, 1.807) is 7.11 Å². The van der Waals surface area contributed by atoms with Crippen molar-refractivity contribution in [2.24, 2.45) is 0 Å². The molecule has 0 fully saturated rings. The fourth-order valence-electron chi connectivity index (χ4n) is 2.40. The number of nitrogens with one attached hydrogen (secondary N) is 1. The number of para-hydroxylation sites is 1. The zero-order valence-corrected chi connectivity index (χ0v) is 13.8. The summed E-state index contributed by atoms with van der Waals surface area (Å²) in [7, 11) is 0.659. The summed E-state index contributed by atoms with van der Waals surface area (Å²) in [5, 5.41) is 4.30. The lowest BCUT2D eigenvalue weighted by Crippen LogP contribution is -2.19. The molecule has 23 heavy (non-hydrogen) atoms. The van der Waals surface area contributed by atoms with Crippen molar-refractivity contribution in [1.82, 2.24) is 5.32 Å². The summed E-state index contributed by atoms with van der Waals surface area (Å²) in [6.07, 6.45) is 0. The van der Waals surface area contributed by atoms with E-state index in [4.69, 9.17) is 9.15 Å². The van der Waals surface area contributed by atoms with Crippen molar-refractivity contribution in [1.29, 1.82) is 0 Å². The van der Waals surface area contributed by atoms with Gasteiger partial charge in [0.2, 0.25) is 0 Å². The molecule has 0 saturated heterocycles. The second kappa shape index (κ2) is 7.44. The number of benzene rings is 2. The van der Waals surface area contributed by atoms with E-state index < -0.39 is 10.8 Å². The fourth-order valence-corrected chi connectivity index (χ4v) is 3.43. The van der Waals surface area contributed by atoms with Crippen molar-refractivity contribution in [3.8, 4) is 5.75 Å². The average Bonchev–Trinajstić information content (AvgIpc) is 3.02. The molecule has 0 saturated carbocycles. The second-order valence-corrected chi connectivity index (χ2v) is 6.70. The minimum Gasteiger partial charge on any atom is -0.493 e.